The molecule has 0 atom stereocenters. The average molecular weight is 363 g/mol. The number of ether oxygens (including phenoxy) is 1. The van der Waals surface area contributed by atoms with Crippen LogP contribution in [0, 0.1) is 0 Å². The third kappa shape index (κ3) is 4.03. The van der Waals surface area contributed by atoms with Gasteiger partial charge in [0.1, 0.15) is 6.10 Å². The van der Waals surface area contributed by atoms with Crippen LogP contribution in [0.15, 0.2) is 48.8 Å². The highest BCUT2D eigenvalue weighted by Crippen LogP contribution is 2.21. The number of piperidine rings is 1. The molecule has 138 valence electrons. The Morgan fingerprint density at radius 1 is 1.22 bits per heavy atom. The predicted molar refractivity (Wildman–Crippen MR) is 103 cm³/mol. The summed E-state index contributed by atoms with van der Waals surface area (Å²) in [5, 5.41) is 11.6. The molecule has 0 spiro atoms. The standard InChI is InChI=1S/C20H21N5O2/c1-25-10-7-15(8-11-25)27-19-12-14(6-9-21-19)23-20(26)17-13-22-24-18-5-3-2-4-16(17)18/h2-6,9,12-13,15H,7-8,10-11H2,1H3,(H,21,23,26). The van der Waals surface area contributed by atoms with Crippen LogP contribution in [-0.4, -0.2) is 52.2 Å². The lowest BCUT2D eigenvalue weighted by Crippen LogP contribution is -2.35. The monoisotopic (exact) mass is 363 g/mol. The van der Waals surface area contributed by atoms with E-state index in [1.807, 2.05) is 24.3 Å². The van der Waals surface area contributed by atoms with Gasteiger partial charge in [-0.2, -0.15) is 10.2 Å². The minimum atomic E-state index is -0.238. The van der Waals surface area contributed by atoms with E-state index < -0.39 is 0 Å². The SMILES string of the molecule is CN1CCC(Oc2cc(NC(=O)c3cnnc4ccccc34)ccn2)CC1. The second kappa shape index (κ2) is 7.67. The van der Waals surface area contributed by atoms with Crippen LogP contribution in [0.3, 0.4) is 0 Å². The molecule has 0 saturated carbocycles. The van der Waals surface area contributed by atoms with Crippen molar-refractivity contribution in [2.45, 2.75) is 18.9 Å². The molecule has 0 unspecified atom stereocenters. The summed E-state index contributed by atoms with van der Waals surface area (Å²) in [5.41, 5.74) is 1.81. The highest BCUT2D eigenvalue weighted by Gasteiger charge is 2.19. The van der Waals surface area contributed by atoms with Gasteiger partial charge < -0.3 is 15.0 Å². The number of pyridine rings is 1. The van der Waals surface area contributed by atoms with Crippen molar-refractivity contribution in [1.82, 2.24) is 20.1 Å². The molecule has 1 aliphatic heterocycles. The number of nitrogens with zero attached hydrogens (tertiary/aromatic N) is 4. The fraction of sp³-hybridized carbons (Fsp3) is 0.300. The Labute approximate surface area is 157 Å². The van der Waals surface area contributed by atoms with E-state index in [2.05, 4.69) is 32.4 Å². The molecule has 27 heavy (non-hydrogen) atoms. The van der Waals surface area contributed by atoms with Gasteiger partial charge in [-0.1, -0.05) is 18.2 Å². The predicted octanol–water partition coefficient (Wildman–Crippen LogP) is 2.75. The second-order valence-electron chi connectivity index (χ2n) is 6.73. The number of rotatable bonds is 4. The van der Waals surface area contributed by atoms with Crippen LogP contribution in [0.4, 0.5) is 5.69 Å². The van der Waals surface area contributed by atoms with Crippen LogP contribution in [0.2, 0.25) is 0 Å². The lowest BCUT2D eigenvalue weighted by Gasteiger charge is -2.28. The molecule has 1 aromatic carbocycles. The first-order chi connectivity index (χ1) is 13.2. The topological polar surface area (TPSA) is 80.2 Å². The summed E-state index contributed by atoms with van der Waals surface area (Å²) >= 11 is 0. The molecule has 0 radical (unpaired) electrons. The Hall–Kier alpha value is -3.06. The first-order valence-electron chi connectivity index (χ1n) is 9.02. The van der Waals surface area contributed by atoms with Gasteiger partial charge in [-0.3, -0.25) is 4.79 Å². The quantitative estimate of drug-likeness (QED) is 0.768. The first kappa shape index (κ1) is 17.4. The summed E-state index contributed by atoms with van der Waals surface area (Å²) in [6.45, 7) is 2.03. The molecule has 3 heterocycles. The number of benzene rings is 1. The molecular formula is C20H21N5O2. The van der Waals surface area contributed by atoms with Gasteiger partial charge in [-0.25, -0.2) is 4.98 Å². The van der Waals surface area contributed by atoms with Crippen LogP contribution >= 0.6 is 0 Å². The van der Waals surface area contributed by atoms with Crippen molar-refractivity contribution < 1.29 is 9.53 Å². The number of amides is 1. The third-order valence-corrected chi connectivity index (χ3v) is 4.74. The molecule has 1 saturated heterocycles. The lowest BCUT2D eigenvalue weighted by molar-refractivity contribution is 0.102. The van der Waals surface area contributed by atoms with Gasteiger partial charge in [0.05, 0.1) is 17.3 Å². The van der Waals surface area contributed by atoms with E-state index in [1.54, 1.807) is 18.3 Å². The summed E-state index contributed by atoms with van der Waals surface area (Å²) in [6, 6.07) is 10.9. The Bertz CT molecular complexity index is 949. The van der Waals surface area contributed by atoms with Crippen molar-refractivity contribution in [2.75, 3.05) is 25.5 Å². The van der Waals surface area contributed by atoms with Crippen LogP contribution in [0.5, 0.6) is 5.88 Å². The molecule has 0 aliphatic carbocycles. The molecule has 2 aromatic heterocycles. The van der Waals surface area contributed by atoms with Gasteiger partial charge in [-0.05, 0) is 32.0 Å². The Balaban J connectivity index is 1.48. The highest BCUT2D eigenvalue weighted by molar-refractivity contribution is 6.11. The number of hydrogen-bond acceptors (Lipinski definition) is 6. The Kier molecular flexibility index (Phi) is 4.93. The van der Waals surface area contributed by atoms with Gasteiger partial charge in [0, 0.05) is 36.4 Å². The van der Waals surface area contributed by atoms with Crippen molar-refractivity contribution in [2.24, 2.45) is 0 Å². The largest absolute Gasteiger partial charge is 0.474 e. The summed E-state index contributed by atoms with van der Waals surface area (Å²) in [4.78, 5) is 19.3. The van der Waals surface area contributed by atoms with E-state index in [-0.39, 0.29) is 12.0 Å². The van der Waals surface area contributed by atoms with Crippen molar-refractivity contribution >= 4 is 22.5 Å². The Morgan fingerprint density at radius 3 is 2.89 bits per heavy atom. The van der Waals surface area contributed by atoms with Crippen LogP contribution in [0.25, 0.3) is 10.9 Å². The number of fused-ring (bicyclic) bond motifs is 1. The van der Waals surface area contributed by atoms with E-state index in [0.29, 0.717) is 22.6 Å². The number of aromatic nitrogens is 3. The average Bonchev–Trinajstić information content (AvgIpc) is 2.69. The summed E-state index contributed by atoms with van der Waals surface area (Å²) < 4.78 is 5.99. The number of likely N-dealkylation sites (tertiary alicyclic amines) is 1. The van der Waals surface area contributed by atoms with E-state index in [0.717, 1.165) is 31.3 Å². The van der Waals surface area contributed by atoms with Crippen molar-refractivity contribution in [3.05, 3.63) is 54.4 Å². The minimum absolute atomic E-state index is 0.160. The van der Waals surface area contributed by atoms with E-state index in [9.17, 15) is 4.79 Å². The highest BCUT2D eigenvalue weighted by atomic mass is 16.5. The fourth-order valence-electron chi connectivity index (χ4n) is 3.21. The lowest BCUT2D eigenvalue weighted by atomic mass is 10.1. The molecule has 7 heteroatoms. The molecule has 1 aliphatic rings. The van der Waals surface area contributed by atoms with Gasteiger partial charge in [-0.15, -0.1) is 0 Å². The summed E-state index contributed by atoms with van der Waals surface area (Å²) in [7, 11) is 2.11. The van der Waals surface area contributed by atoms with Crippen molar-refractivity contribution in [3.63, 3.8) is 0 Å². The van der Waals surface area contributed by atoms with Gasteiger partial charge in [0.2, 0.25) is 5.88 Å². The fourth-order valence-corrected chi connectivity index (χ4v) is 3.21. The van der Waals surface area contributed by atoms with Crippen molar-refractivity contribution in [1.29, 1.82) is 0 Å². The number of carbonyl (C=O) groups is 1. The molecule has 1 amide bonds. The normalized spacial score (nSPS) is 15.6. The zero-order valence-electron chi connectivity index (χ0n) is 15.1. The molecule has 1 fully saturated rings. The minimum Gasteiger partial charge on any atom is -0.474 e. The van der Waals surface area contributed by atoms with Gasteiger partial charge in [0.15, 0.2) is 0 Å². The third-order valence-electron chi connectivity index (χ3n) is 4.74. The Morgan fingerprint density at radius 2 is 2.04 bits per heavy atom. The molecular weight excluding hydrogens is 342 g/mol. The summed E-state index contributed by atoms with van der Waals surface area (Å²) in [5.74, 6) is 0.289. The second-order valence-corrected chi connectivity index (χ2v) is 6.73. The van der Waals surface area contributed by atoms with Crippen LogP contribution in [0.1, 0.15) is 23.2 Å². The molecule has 1 N–H and O–H groups in total. The maximum absolute atomic E-state index is 12.7. The van der Waals surface area contributed by atoms with E-state index >= 15 is 0 Å². The number of hydrogen-bond donors (Lipinski definition) is 1. The maximum Gasteiger partial charge on any atom is 0.257 e. The molecule has 7 nitrogen and oxygen atoms in total. The number of anilines is 1. The van der Waals surface area contributed by atoms with E-state index in [1.165, 1.54) is 6.20 Å². The zero-order valence-corrected chi connectivity index (χ0v) is 15.1. The molecule has 4 rings (SSSR count). The smallest absolute Gasteiger partial charge is 0.257 e. The zero-order chi connectivity index (χ0) is 18.6. The van der Waals surface area contributed by atoms with Gasteiger partial charge in [0.25, 0.3) is 5.91 Å². The number of nitrogens with one attached hydrogen (secondary N) is 1. The number of carbonyl (C=O) groups excluding carboxylic acids is 1. The molecule has 0 bridgehead atoms. The van der Waals surface area contributed by atoms with Crippen molar-refractivity contribution in [3.8, 4) is 5.88 Å². The first-order valence-corrected chi connectivity index (χ1v) is 9.02. The van der Waals surface area contributed by atoms with Crippen LogP contribution in [-0.2, 0) is 0 Å². The van der Waals surface area contributed by atoms with E-state index in [4.69, 9.17) is 4.74 Å². The van der Waals surface area contributed by atoms with Gasteiger partial charge >= 0.3 is 0 Å². The summed E-state index contributed by atoms with van der Waals surface area (Å²) in [6.07, 6.45) is 5.23. The molecule has 3 aromatic rings. The van der Waals surface area contributed by atoms with Crippen LogP contribution < -0.4 is 10.1 Å². The maximum atomic E-state index is 12.7.